The summed E-state index contributed by atoms with van der Waals surface area (Å²) >= 11 is 0. The zero-order valence-corrected chi connectivity index (χ0v) is 19.0. The van der Waals surface area contributed by atoms with Crippen molar-refractivity contribution in [1.29, 1.82) is 0 Å². The van der Waals surface area contributed by atoms with E-state index in [0.717, 1.165) is 37.5 Å². The number of rotatable bonds is 10. The van der Waals surface area contributed by atoms with Gasteiger partial charge in [-0.1, -0.05) is 48.9 Å². The van der Waals surface area contributed by atoms with Crippen LogP contribution < -0.4 is 5.32 Å². The summed E-state index contributed by atoms with van der Waals surface area (Å²) in [5.41, 5.74) is 2.21. The molecular formula is C27H32FN3O2. The molecule has 33 heavy (non-hydrogen) atoms. The van der Waals surface area contributed by atoms with E-state index >= 15 is 0 Å². The lowest BCUT2D eigenvalue weighted by molar-refractivity contribution is 0.0914. The molecule has 3 aromatic rings. The Morgan fingerprint density at radius 1 is 0.879 bits per heavy atom. The minimum Gasteiger partial charge on any atom is -0.455 e. The van der Waals surface area contributed by atoms with Crippen molar-refractivity contribution < 1.29 is 13.6 Å². The van der Waals surface area contributed by atoms with Gasteiger partial charge in [-0.2, -0.15) is 0 Å². The third-order valence-corrected chi connectivity index (χ3v) is 6.00. The van der Waals surface area contributed by atoms with E-state index in [0.29, 0.717) is 25.4 Å². The third-order valence-electron chi connectivity index (χ3n) is 6.00. The van der Waals surface area contributed by atoms with Crippen molar-refractivity contribution in [3.63, 3.8) is 0 Å². The molecule has 1 amide bonds. The molecule has 1 aromatic heterocycles. The zero-order chi connectivity index (χ0) is 22.9. The van der Waals surface area contributed by atoms with Crippen molar-refractivity contribution in [3.8, 4) is 0 Å². The van der Waals surface area contributed by atoms with Crippen LogP contribution in [0.25, 0.3) is 0 Å². The number of nitrogens with one attached hydrogen (secondary N) is 1. The van der Waals surface area contributed by atoms with Gasteiger partial charge >= 0.3 is 0 Å². The summed E-state index contributed by atoms with van der Waals surface area (Å²) in [6, 6.07) is 20.4. The van der Waals surface area contributed by atoms with Gasteiger partial charge in [0.2, 0.25) is 0 Å². The van der Waals surface area contributed by atoms with E-state index in [-0.39, 0.29) is 11.7 Å². The van der Waals surface area contributed by atoms with Gasteiger partial charge < -0.3 is 14.6 Å². The first-order valence-corrected chi connectivity index (χ1v) is 11.8. The summed E-state index contributed by atoms with van der Waals surface area (Å²) < 4.78 is 19.2. The number of carbonyl (C=O) groups excluding carboxylic acids is 1. The molecule has 0 radical (unpaired) electrons. The lowest BCUT2D eigenvalue weighted by Crippen LogP contribution is -2.37. The quantitative estimate of drug-likeness (QED) is 0.481. The van der Waals surface area contributed by atoms with E-state index in [1.807, 2.05) is 24.3 Å². The SMILES string of the molecule is O=C(NCCN1CCCCC1)c1ccc(CN(Cc2ccccc2)Cc2ccc(F)cc2)o1. The standard InChI is InChI=1S/C27H32FN3O2/c28-24-11-9-23(10-12-24)20-31(19-22-7-3-1-4-8-22)21-25-13-14-26(33-25)27(32)29-15-18-30-16-5-2-6-17-30/h1,3-4,7-14H,2,5-6,15-21H2,(H,29,32). The second-order valence-corrected chi connectivity index (χ2v) is 8.68. The summed E-state index contributed by atoms with van der Waals surface area (Å²) in [5, 5.41) is 2.97. The number of carbonyl (C=O) groups is 1. The van der Waals surface area contributed by atoms with Gasteiger partial charge in [-0.25, -0.2) is 4.39 Å². The first-order valence-electron chi connectivity index (χ1n) is 11.8. The van der Waals surface area contributed by atoms with Crippen LogP contribution in [0.3, 0.4) is 0 Å². The van der Waals surface area contributed by atoms with Crippen molar-refractivity contribution in [2.24, 2.45) is 0 Å². The smallest absolute Gasteiger partial charge is 0.287 e. The van der Waals surface area contributed by atoms with Gasteiger partial charge in [-0.15, -0.1) is 0 Å². The highest BCUT2D eigenvalue weighted by Crippen LogP contribution is 2.17. The number of halogens is 1. The van der Waals surface area contributed by atoms with Gasteiger partial charge in [0.15, 0.2) is 5.76 Å². The van der Waals surface area contributed by atoms with Crippen LogP contribution in [0.2, 0.25) is 0 Å². The number of piperidine rings is 1. The average Bonchev–Trinajstić information content (AvgIpc) is 3.30. The van der Waals surface area contributed by atoms with Crippen LogP contribution in [0.15, 0.2) is 71.1 Å². The van der Waals surface area contributed by atoms with Crippen LogP contribution >= 0.6 is 0 Å². The number of hydrogen-bond donors (Lipinski definition) is 1. The van der Waals surface area contributed by atoms with Crippen LogP contribution in [0.4, 0.5) is 4.39 Å². The fourth-order valence-electron chi connectivity index (χ4n) is 4.26. The van der Waals surface area contributed by atoms with Crippen molar-refractivity contribution in [1.82, 2.24) is 15.1 Å². The van der Waals surface area contributed by atoms with E-state index in [1.165, 1.54) is 37.0 Å². The topological polar surface area (TPSA) is 48.7 Å². The van der Waals surface area contributed by atoms with E-state index in [4.69, 9.17) is 4.42 Å². The first kappa shape index (κ1) is 23.2. The fraction of sp³-hybridized carbons (Fsp3) is 0.370. The maximum Gasteiger partial charge on any atom is 0.287 e. The highest BCUT2D eigenvalue weighted by molar-refractivity contribution is 5.91. The zero-order valence-electron chi connectivity index (χ0n) is 19.0. The first-order chi connectivity index (χ1) is 16.2. The second kappa shape index (κ2) is 11.8. The Kier molecular flexibility index (Phi) is 8.28. The third kappa shape index (κ3) is 7.27. The highest BCUT2D eigenvalue weighted by Gasteiger charge is 2.16. The van der Waals surface area contributed by atoms with Gasteiger partial charge in [-0.05, 0) is 61.3 Å². The fourth-order valence-corrected chi connectivity index (χ4v) is 4.26. The van der Waals surface area contributed by atoms with Crippen molar-refractivity contribution in [3.05, 3.63) is 95.2 Å². The molecule has 1 fully saturated rings. The van der Waals surface area contributed by atoms with Crippen LogP contribution in [0.1, 0.15) is 46.7 Å². The highest BCUT2D eigenvalue weighted by atomic mass is 19.1. The van der Waals surface area contributed by atoms with Crippen LogP contribution in [0, 0.1) is 5.82 Å². The van der Waals surface area contributed by atoms with Gasteiger partial charge in [0, 0.05) is 26.2 Å². The Hall–Kier alpha value is -2.96. The van der Waals surface area contributed by atoms with E-state index in [2.05, 4.69) is 27.2 Å². The Morgan fingerprint density at radius 3 is 2.30 bits per heavy atom. The predicted molar refractivity (Wildman–Crippen MR) is 127 cm³/mol. The van der Waals surface area contributed by atoms with Gasteiger partial charge in [0.25, 0.3) is 5.91 Å². The van der Waals surface area contributed by atoms with E-state index in [9.17, 15) is 9.18 Å². The van der Waals surface area contributed by atoms with Crippen molar-refractivity contribution in [2.45, 2.75) is 38.9 Å². The van der Waals surface area contributed by atoms with Crippen molar-refractivity contribution >= 4 is 5.91 Å². The molecule has 0 saturated carbocycles. The molecule has 4 rings (SSSR count). The summed E-state index contributed by atoms with van der Waals surface area (Å²) in [5.74, 6) is 0.654. The van der Waals surface area contributed by atoms with Gasteiger partial charge in [0.1, 0.15) is 11.6 Å². The normalized spacial score (nSPS) is 14.5. The number of benzene rings is 2. The molecule has 6 heteroatoms. The molecule has 1 saturated heterocycles. The summed E-state index contributed by atoms with van der Waals surface area (Å²) in [7, 11) is 0. The molecule has 0 unspecified atom stereocenters. The Morgan fingerprint density at radius 2 is 1.58 bits per heavy atom. The molecule has 2 heterocycles. The van der Waals surface area contributed by atoms with Crippen LogP contribution in [0.5, 0.6) is 0 Å². The summed E-state index contributed by atoms with van der Waals surface area (Å²) in [4.78, 5) is 17.1. The number of furan rings is 1. The molecule has 0 spiro atoms. The molecule has 0 aliphatic carbocycles. The molecule has 5 nitrogen and oxygen atoms in total. The van der Waals surface area contributed by atoms with Gasteiger partial charge in [0.05, 0.1) is 6.54 Å². The largest absolute Gasteiger partial charge is 0.455 e. The molecule has 0 atom stereocenters. The molecule has 1 aliphatic heterocycles. The molecule has 1 aliphatic rings. The minimum atomic E-state index is -0.240. The summed E-state index contributed by atoms with van der Waals surface area (Å²) in [6.07, 6.45) is 3.79. The number of nitrogens with zero attached hydrogens (tertiary/aromatic N) is 2. The van der Waals surface area contributed by atoms with Gasteiger partial charge in [-0.3, -0.25) is 9.69 Å². The predicted octanol–water partition coefficient (Wildman–Crippen LogP) is 4.84. The van der Waals surface area contributed by atoms with E-state index < -0.39 is 0 Å². The van der Waals surface area contributed by atoms with Crippen molar-refractivity contribution in [2.75, 3.05) is 26.2 Å². The Bertz CT molecular complexity index is 998. The lowest BCUT2D eigenvalue weighted by atomic mass is 10.1. The van der Waals surface area contributed by atoms with Crippen LogP contribution in [-0.2, 0) is 19.6 Å². The Balaban J connectivity index is 1.35. The maximum atomic E-state index is 13.3. The maximum absolute atomic E-state index is 13.3. The van der Waals surface area contributed by atoms with Crippen LogP contribution in [-0.4, -0.2) is 41.9 Å². The molecule has 1 N–H and O–H groups in total. The molecule has 2 aromatic carbocycles. The van der Waals surface area contributed by atoms with E-state index in [1.54, 1.807) is 18.2 Å². The Labute approximate surface area is 195 Å². The number of amides is 1. The number of likely N-dealkylation sites (tertiary alicyclic amines) is 1. The number of hydrogen-bond acceptors (Lipinski definition) is 4. The summed E-state index contributed by atoms with van der Waals surface area (Å²) in [6.45, 7) is 5.65. The molecule has 0 bridgehead atoms. The molecule has 174 valence electrons. The second-order valence-electron chi connectivity index (χ2n) is 8.68. The monoisotopic (exact) mass is 449 g/mol. The lowest BCUT2D eigenvalue weighted by Gasteiger charge is -2.26. The average molecular weight is 450 g/mol. The molecular weight excluding hydrogens is 417 g/mol. The minimum absolute atomic E-state index is 0.175.